The number of aromatic nitrogens is 1. The molecule has 3 aliphatic rings. The molecule has 1 aromatic heterocycles. The molecule has 2 saturated carbocycles. The first-order chi connectivity index (χ1) is 16.0. The normalized spacial score (nSPS) is 24.5. The van der Waals surface area contributed by atoms with Gasteiger partial charge in [0.05, 0.1) is 11.1 Å². The molecule has 0 spiro atoms. The van der Waals surface area contributed by atoms with Crippen molar-refractivity contribution >= 4 is 33.3 Å². The fourth-order valence-corrected chi connectivity index (χ4v) is 5.53. The van der Waals surface area contributed by atoms with Gasteiger partial charge >= 0.3 is 0 Å². The van der Waals surface area contributed by atoms with E-state index in [1.54, 1.807) is 0 Å². The summed E-state index contributed by atoms with van der Waals surface area (Å²) >= 11 is 5.68. The molecule has 2 aliphatic carbocycles. The third kappa shape index (κ3) is 4.29. The Hall–Kier alpha value is -2.59. The number of carbonyl (C=O) groups is 2. The monoisotopic (exact) mass is 509 g/mol. The number of carbonyl (C=O) groups excluding carboxylic acids is 2. The largest absolute Gasteiger partial charge is 0.347 e. The number of pyridine rings is 1. The summed E-state index contributed by atoms with van der Waals surface area (Å²) in [5.41, 5.74) is 0.163. The van der Waals surface area contributed by atoms with Gasteiger partial charge in [-0.3, -0.25) is 9.59 Å². The van der Waals surface area contributed by atoms with Crippen molar-refractivity contribution < 1.29 is 26.8 Å². The van der Waals surface area contributed by atoms with Crippen LogP contribution in [0.25, 0.3) is 0 Å². The molecule has 0 bridgehead atoms. The van der Waals surface area contributed by atoms with Gasteiger partial charge in [-0.1, -0.05) is 11.6 Å². The van der Waals surface area contributed by atoms with Gasteiger partial charge in [-0.25, -0.2) is 22.2 Å². The molecule has 5 rings (SSSR count). The summed E-state index contributed by atoms with van der Waals surface area (Å²) in [6, 6.07) is 2.92. The van der Waals surface area contributed by atoms with Crippen LogP contribution in [0.4, 0.5) is 8.78 Å². The van der Waals surface area contributed by atoms with Crippen LogP contribution in [0.1, 0.15) is 47.6 Å². The molecule has 3 fully saturated rings. The van der Waals surface area contributed by atoms with Crippen LogP contribution in [0.15, 0.2) is 35.5 Å². The van der Waals surface area contributed by atoms with Crippen molar-refractivity contribution in [2.24, 2.45) is 11.8 Å². The molecule has 1 aromatic carbocycles. The standard InChI is InChI=1S/C23H22ClF2N3O4S/c1-34(32,33)20-8-12(4-5-27-20)23(31)29-18-6-13(18)7-19(29)22(30)28-21(11-2-3-11)14-9-17(26)15(24)10-16(14)25/h4-5,8-11,13,18-19,21H,2-3,6-7H2,1H3,(H,28,30)/t13-,18-,19+,21+/m0/s1. The minimum absolute atomic E-state index is 0.0309. The van der Waals surface area contributed by atoms with E-state index < -0.39 is 45.4 Å². The number of fused-ring (bicyclic) bond motifs is 1. The lowest BCUT2D eigenvalue weighted by Gasteiger charge is -2.29. The Balaban J connectivity index is 1.40. The highest BCUT2D eigenvalue weighted by molar-refractivity contribution is 7.90. The lowest BCUT2D eigenvalue weighted by molar-refractivity contribution is -0.126. The van der Waals surface area contributed by atoms with Gasteiger partial charge < -0.3 is 10.2 Å². The zero-order valence-corrected chi connectivity index (χ0v) is 19.7. The average molecular weight is 510 g/mol. The lowest BCUT2D eigenvalue weighted by Crippen LogP contribution is -2.49. The Morgan fingerprint density at radius 1 is 1.18 bits per heavy atom. The molecule has 34 heavy (non-hydrogen) atoms. The van der Waals surface area contributed by atoms with E-state index in [0.29, 0.717) is 6.42 Å². The summed E-state index contributed by atoms with van der Waals surface area (Å²) in [5.74, 6) is -2.21. The van der Waals surface area contributed by atoms with Gasteiger partial charge in [0, 0.05) is 29.6 Å². The van der Waals surface area contributed by atoms with Crippen LogP contribution in [0, 0.1) is 23.5 Å². The molecule has 2 aromatic rings. The molecular formula is C23H22ClF2N3O4S. The van der Waals surface area contributed by atoms with E-state index in [-0.39, 0.29) is 39.1 Å². The fraction of sp³-hybridized carbons (Fsp3) is 0.435. The number of rotatable bonds is 6. The molecule has 2 heterocycles. The molecule has 2 amide bonds. The number of hydrogen-bond donors (Lipinski definition) is 1. The second kappa shape index (κ2) is 8.27. The molecule has 7 nitrogen and oxygen atoms in total. The van der Waals surface area contributed by atoms with E-state index in [1.165, 1.54) is 23.2 Å². The number of amides is 2. The molecule has 1 aliphatic heterocycles. The number of sulfone groups is 1. The summed E-state index contributed by atoms with van der Waals surface area (Å²) in [6.07, 6.45) is 5.00. The topological polar surface area (TPSA) is 96.4 Å². The number of hydrogen-bond acceptors (Lipinski definition) is 5. The van der Waals surface area contributed by atoms with E-state index in [4.69, 9.17) is 11.6 Å². The van der Waals surface area contributed by atoms with Gasteiger partial charge in [-0.2, -0.15) is 0 Å². The third-order valence-electron chi connectivity index (χ3n) is 6.77. The van der Waals surface area contributed by atoms with Gasteiger partial charge in [0.25, 0.3) is 5.91 Å². The van der Waals surface area contributed by atoms with Crippen molar-refractivity contribution in [2.45, 2.75) is 48.8 Å². The number of halogens is 3. The van der Waals surface area contributed by atoms with Gasteiger partial charge in [-0.15, -0.1) is 0 Å². The van der Waals surface area contributed by atoms with Crippen molar-refractivity contribution in [1.82, 2.24) is 15.2 Å². The molecular weight excluding hydrogens is 488 g/mol. The molecule has 11 heteroatoms. The lowest BCUT2D eigenvalue weighted by atomic mass is 10.00. The Kier molecular flexibility index (Phi) is 5.63. The van der Waals surface area contributed by atoms with Crippen LogP contribution in [-0.4, -0.2) is 48.5 Å². The Bertz CT molecular complexity index is 1300. The second-order valence-corrected chi connectivity index (χ2v) is 11.7. The molecule has 1 N–H and O–H groups in total. The molecule has 0 radical (unpaired) electrons. The molecule has 0 unspecified atom stereocenters. The number of nitrogens with zero attached hydrogens (tertiary/aromatic N) is 2. The second-order valence-electron chi connectivity index (χ2n) is 9.29. The molecule has 4 atom stereocenters. The summed E-state index contributed by atoms with van der Waals surface area (Å²) in [7, 11) is -3.61. The smallest absolute Gasteiger partial charge is 0.254 e. The first-order valence-corrected chi connectivity index (χ1v) is 13.2. The van der Waals surface area contributed by atoms with Crippen LogP contribution in [-0.2, 0) is 14.6 Å². The van der Waals surface area contributed by atoms with Crippen LogP contribution >= 0.6 is 11.6 Å². The highest BCUT2D eigenvalue weighted by Gasteiger charge is 2.56. The van der Waals surface area contributed by atoms with Crippen molar-refractivity contribution in [1.29, 1.82) is 0 Å². The van der Waals surface area contributed by atoms with E-state index in [1.807, 2.05) is 0 Å². The van der Waals surface area contributed by atoms with Gasteiger partial charge in [0.1, 0.15) is 17.7 Å². The number of piperidine rings is 1. The van der Waals surface area contributed by atoms with Gasteiger partial charge in [0.2, 0.25) is 5.91 Å². The van der Waals surface area contributed by atoms with Gasteiger partial charge in [-0.05, 0) is 61.8 Å². The maximum absolute atomic E-state index is 14.6. The zero-order chi connectivity index (χ0) is 24.4. The van der Waals surface area contributed by atoms with E-state index in [2.05, 4.69) is 10.3 Å². The molecule has 1 saturated heterocycles. The Morgan fingerprint density at radius 3 is 2.59 bits per heavy atom. The van der Waals surface area contributed by atoms with Crippen molar-refractivity contribution in [3.8, 4) is 0 Å². The van der Waals surface area contributed by atoms with E-state index in [0.717, 1.165) is 37.7 Å². The summed E-state index contributed by atoms with van der Waals surface area (Å²) in [4.78, 5) is 31.9. The average Bonchev–Trinajstić information content (AvgIpc) is 3.72. The highest BCUT2D eigenvalue weighted by Crippen LogP contribution is 2.49. The number of nitrogens with one attached hydrogen (secondary N) is 1. The van der Waals surface area contributed by atoms with E-state index >= 15 is 0 Å². The number of likely N-dealkylation sites (tertiary alicyclic amines) is 1. The third-order valence-corrected chi connectivity index (χ3v) is 8.04. The zero-order valence-electron chi connectivity index (χ0n) is 18.2. The van der Waals surface area contributed by atoms with E-state index in [9.17, 15) is 26.8 Å². The molecule has 180 valence electrons. The Morgan fingerprint density at radius 2 is 1.91 bits per heavy atom. The first-order valence-electron chi connectivity index (χ1n) is 11.0. The summed E-state index contributed by atoms with van der Waals surface area (Å²) < 4.78 is 52.4. The highest BCUT2D eigenvalue weighted by atomic mass is 35.5. The van der Waals surface area contributed by atoms with Crippen molar-refractivity contribution in [3.63, 3.8) is 0 Å². The predicted molar refractivity (Wildman–Crippen MR) is 119 cm³/mol. The SMILES string of the molecule is CS(=O)(=O)c1cc(C(=O)N2[C@@H](C(=O)N[C@@H](c3cc(F)c(Cl)cc3F)C3CC3)C[C@@H]3C[C@@H]32)ccn1. The number of benzene rings is 1. The minimum Gasteiger partial charge on any atom is -0.347 e. The van der Waals surface area contributed by atoms with Crippen LogP contribution in [0.2, 0.25) is 5.02 Å². The summed E-state index contributed by atoms with van der Waals surface area (Å²) in [5, 5.41) is 2.29. The predicted octanol–water partition coefficient (Wildman–Crippen LogP) is 3.29. The Labute approximate surface area is 200 Å². The maximum atomic E-state index is 14.6. The maximum Gasteiger partial charge on any atom is 0.254 e. The minimum atomic E-state index is -3.61. The quantitative estimate of drug-likeness (QED) is 0.603. The van der Waals surface area contributed by atoms with Crippen molar-refractivity contribution in [2.75, 3.05) is 6.26 Å². The van der Waals surface area contributed by atoms with Crippen LogP contribution in [0.5, 0.6) is 0 Å². The van der Waals surface area contributed by atoms with Crippen molar-refractivity contribution in [3.05, 3.63) is 58.2 Å². The fourth-order valence-electron chi connectivity index (χ4n) is 4.78. The van der Waals surface area contributed by atoms with Crippen LogP contribution < -0.4 is 5.32 Å². The van der Waals surface area contributed by atoms with Crippen LogP contribution in [0.3, 0.4) is 0 Å². The first kappa shape index (κ1) is 23.2. The van der Waals surface area contributed by atoms with Gasteiger partial charge in [0.15, 0.2) is 14.9 Å². The summed E-state index contributed by atoms with van der Waals surface area (Å²) in [6.45, 7) is 0.